The fourth-order valence-electron chi connectivity index (χ4n) is 1.48. The number of Topliss-reactive ketones (excluding diaryl/α,β-unsaturated/α-hetero) is 1. The number of benzene rings is 1. The lowest BCUT2D eigenvalue weighted by Gasteiger charge is -2.10. The molecule has 8 heteroatoms. The molecule has 0 aliphatic heterocycles. The number of ketones is 1. The van der Waals surface area contributed by atoms with Gasteiger partial charge in [-0.15, -0.1) is 0 Å². The summed E-state index contributed by atoms with van der Waals surface area (Å²) in [4.78, 5) is 22.8. The summed E-state index contributed by atoms with van der Waals surface area (Å²) >= 11 is 0. The van der Waals surface area contributed by atoms with Gasteiger partial charge in [-0.1, -0.05) is 0 Å². The maximum absolute atomic E-state index is 12.6. The van der Waals surface area contributed by atoms with E-state index in [0.29, 0.717) is 12.5 Å². The first-order valence-electron chi connectivity index (χ1n) is 6.04. The molecule has 0 aliphatic carbocycles. The maximum Gasteiger partial charge on any atom is 0.419 e. The highest BCUT2D eigenvalue weighted by Crippen LogP contribution is 2.36. The zero-order valence-corrected chi connectivity index (χ0v) is 10.9. The third-order valence-corrected chi connectivity index (χ3v) is 2.57. The highest BCUT2D eigenvalue weighted by molar-refractivity contribution is 5.98. The first-order valence-corrected chi connectivity index (χ1v) is 6.04. The van der Waals surface area contributed by atoms with Crippen LogP contribution in [0, 0.1) is 0 Å². The molecule has 0 atom stereocenters. The van der Waals surface area contributed by atoms with Crippen LogP contribution >= 0.6 is 0 Å². The molecule has 0 amide bonds. The van der Waals surface area contributed by atoms with Gasteiger partial charge in [0.2, 0.25) is 0 Å². The molecule has 0 saturated carbocycles. The molecule has 0 bridgehead atoms. The number of hydrogen-bond donors (Lipinski definition) is 2. The Morgan fingerprint density at radius 1 is 1.29 bits per heavy atom. The largest absolute Gasteiger partial charge is 0.507 e. The lowest BCUT2D eigenvalue weighted by atomic mass is 10.1. The monoisotopic (exact) mass is 305 g/mol. The quantitative estimate of drug-likeness (QED) is 0.618. The van der Waals surface area contributed by atoms with Gasteiger partial charge in [-0.2, -0.15) is 13.2 Å². The van der Waals surface area contributed by atoms with E-state index in [2.05, 4.69) is 4.74 Å². The van der Waals surface area contributed by atoms with Crippen LogP contribution in [0.2, 0.25) is 0 Å². The molecule has 1 rings (SSSR count). The predicted molar refractivity (Wildman–Crippen MR) is 66.7 cm³/mol. The number of rotatable bonds is 6. The van der Waals surface area contributed by atoms with E-state index in [1.807, 2.05) is 0 Å². The standard InChI is InChI=1S/C13H14F3NO4/c14-13(15,16)9-6-8(3-4-10(9)18)11(19)7-21-12(20)2-1-5-17/h3-4,6,18H,1-2,5,7,17H2. The van der Waals surface area contributed by atoms with Crippen molar-refractivity contribution in [1.82, 2.24) is 0 Å². The zero-order valence-electron chi connectivity index (χ0n) is 10.9. The van der Waals surface area contributed by atoms with E-state index in [-0.39, 0.29) is 18.5 Å². The minimum atomic E-state index is -4.78. The van der Waals surface area contributed by atoms with E-state index in [1.54, 1.807) is 0 Å². The lowest BCUT2D eigenvalue weighted by molar-refractivity contribution is -0.142. The Hall–Kier alpha value is -2.09. The Morgan fingerprint density at radius 2 is 1.95 bits per heavy atom. The van der Waals surface area contributed by atoms with Gasteiger partial charge in [0.15, 0.2) is 12.4 Å². The number of nitrogens with two attached hydrogens (primary N) is 1. The first-order chi connectivity index (χ1) is 9.75. The summed E-state index contributed by atoms with van der Waals surface area (Å²) in [5.41, 5.74) is 3.57. The molecule has 1 aromatic rings. The molecule has 0 unspecified atom stereocenters. The Kier molecular flexibility index (Phi) is 5.71. The predicted octanol–water partition coefficient (Wildman–Crippen LogP) is 1.88. The van der Waals surface area contributed by atoms with Crippen molar-refractivity contribution in [3.05, 3.63) is 29.3 Å². The second kappa shape index (κ2) is 7.07. The molecule has 0 spiro atoms. The lowest BCUT2D eigenvalue weighted by Crippen LogP contribution is -2.16. The number of halogens is 3. The molecule has 0 saturated heterocycles. The average molecular weight is 305 g/mol. The molecule has 0 radical (unpaired) electrons. The summed E-state index contributed by atoms with van der Waals surface area (Å²) < 4.78 is 42.4. The Bertz CT molecular complexity index is 529. The van der Waals surface area contributed by atoms with E-state index < -0.39 is 35.8 Å². The Morgan fingerprint density at radius 3 is 2.52 bits per heavy atom. The number of aromatic hydroxyl groups is 1. The molecule has 21 heavy (non-hydrogen) atoms. The number of phenolic OH excluding ortho intramolecular Hbond substituents is 1. The fraction of sp³-hybridized carbons (Fsp3) is 0.385. The van der Waals surface area contributed by atoms with Gasteiger partial charge in [0, 0.05) is 12.0 Å². The van der Waals surface area contributed by atoms with Crippen LogP contribution in [-0.4, -0.2) is 30.0 Å². The van der Waals surface area contributed by atoms with Crippen LogP contribution in [0.3, 0.4) is 0 Å². The number of carbonyl (C=O) groups excluding carboxylic acids is 2. The van der Waals surface area contributed by atoms with Crippen molar-refractivity contribution in [3.63, 3.8) is 0 Å². The minimum Gasteiger partial charge on any atom is -0.507 e. The van der Waals surface area contributed by atoms with Crippen molar-refractivity contribution >= 4 is 11.8 Å². The SMILES string of the molecule is NCCCC(=O)OCC(=O)c1ccc(O)c(C(F)(F)F)c1. The van der Waals surface area contributed by atoms with E-state index >= 15 is 0 Å². The van der Waals surface area contributed by atoms with Gasteiger partial charge < -0.3 is 15.6 Å². The number of esters is 1. The third-order valence-electron chi connectivity index (χ3n) is 2.57. The second-order valence-corrected chi connectivity index (χ2v) is 4.21. The fourth-order valence-corrected chi connectivity index (χ4v) is 1.48. The van der Waals surface area contributed by atoms with Crippen LogP contribution in [0.25, 0.3) is 0 Å². The third kappa shape index (κ3) is 5.07. The molecular formula is C13H14F3NO4. The summed E-state index contributed by atoms with van der Waals surface area (Å²) in [6.45, 7) is -0.374. The van der Waals surface area contributed by atoms with Crippen LogP contribution in [-0.2, 0) is 15.7 Å². The molecule has 0 heterocycles. The van der Waals surface area contributed by atoms with Crippen LogP contribution < -0.4 is 5.73 Å². The van der Waals surface area contributed by atoms with Gasteiger partial charge in [-0.05, 0) is 31.2 Å². The van der Waals surface area contributed by atoms with Crippen molar-refractivity contribution in [2.24, 2.45) is 5.73 Å². The molecule has 5 nitrogen and oxygen atoms in total. The van der Waals surface area contributed by atoms with Gasteiger partial charge in [0.1, 0.15) is 5.75 Å². The van der Waals surface area contributed by atoms with E-state index in [0.717, 1.165) is 12.1 Å². The van der Waals surface area contributed by atoms with Gasteiger partial charge >= 0.3 is 12.1 Å². The molecule has 3 N–H and O–H groups in total. The number of carbonyl (C=O) groups is 2. The first kappa shape index (κ1) is 17.0. The molecule has 1 aromatic carbocycles. The van der Waals surface area contributed by atoms with Gasteiger partial charge in [-0.25, -0.2) is 0 Å². The molecule has 116 valence electrons. The van der Waals surface area contributed by atoms with Crippen LogP contribution in [0.15, 0.2) is 18.2 Å². The van der Waals surface area contributed by atoms with E-state index in [4.69, 9.17) is 10.8 Å². The van der Waals surface area contributed by atoms with Crippen LogP contribution in [0.4, 0.5) is 13.2 Å². The van der Waals surface area contributed by atoms with Gasteiger partial charge in [0.25, 0.3) is 0 Å². The van der Waals surface area contributed by atoms with Crippen molar-refractivity contribution in [2.75, 3.05) is 13.2 Å². The number of alkyl halides is 3. The molecule has 0 aromatic heterocycles. The number of phenols is 1. The summed E-state index contributed by atoms with van der Waals surface area (Å²) in [6.07, 6.45) is -4.35. The smallest absolute Gasteiger partial charge is 0.419 e. The van der Waals surface area contributed by atoms with Crippen LogP contribution in [0.5, 0.6) is 5.75 Å². The Balaban J connectivity index is 2.73. The maximum atomic E-state index is 12.6. The molecule has 0 fully saturated rings. The van der Waals surface area contributed by atoms with Crippen molar-refractivity contribution in [2.45, 2.75) is 19.0 Å². The summed E-state index contributed by atoms with van der Waals surface area (Å²) in [5, 5.41) is 9.14. The van der Waals surface area contributed by atoms with Crippen molar-refractivity contribution in [1.29, 1.82) is 0 Å². The summed E-state index contributed by atoms with van der Waals surface area (Å²) in [7, 11) is 0. The summed E-state index contributed by atoms with van der Waals surface area (Å²) in [5.74, 6) is -2.41. The summed E-state index contributed by atoms with van der Waals surface area (Å²) in [6, 6.07) is 2.32. The van der Waals surface area contributed by atoms with Crippen LogP contribution in [0.1, 0.15) is 28.8 Å². The number of ether oxygens (including phenoxy) is 1. The van der Waals surface area contributed by atoms with Crippen molar-refractivity contribution < 1.29 is 32.6 Å². The Labute approximate surface area is 118 Å². The highest BCUT2D eigenvalue weighted by Gasteiger charge is 2.34. The molecule has 0 aliphatic rings. The van der Waals surface area contributed by atoms with E-state index in [1.165, 1.54) is 0 Å². The zero-order chi connectivity index (χ0) is 16.0. The van der Waals surface area contributed by atoms with Gasteiger partial charge in [0.05, 0.1) is 5.56 Å². The number of hydrogen-bond acceptors (Lipinski definition) is 5. The topological polar surface area (TPSA) is 89.6 Å². The van der Waals surface area contributed by atoms with E-state index in [9.17, 15) is 22.8 Å². The van der Waals surface area contributed by atoms with Gasteiger partial charge in [-0.3, -0.25) is 9.59 Å². The van der Waals surface area contributed by atoms with Crippen molar-refractivity contribution in [3.8, 4) is 5.75 Å². The normalized spacial score (nSPS) is 11.2. The average Bonchev–Trinajstić information content (AvgIpc) is 2.41. The second-order valence-electron chi connectivity index (χ2n) is 4.21. The highest BCUT2D eigenvalue weighted by atomic mass is 19.4. The minimum absolute atomic E-state index is 0.0349. The molecular weight excluding hydrogens is 291 g/mol.